The number of nitrogens with two attached hydrogens (primary N) is 1. The Morgan fingerprint density at radius 2 is 1.79 bits per heavy atom. The van der Waals surface area contributed by atoms with Crippen LogP contribution in [-0.4, -0.2) is 6.04 Å². The number of hydrogen-bond acceptors (Lipinski definition) is 1. The highest BCUT2D eigenvalue weighted by Crippen LogP contribution is 2.36. The molecular weight excluding hydrogens is 277 g/mol. The summed E-state index contributed by atoms with van der Waals surface area (Å²) < 4.78 is 0. The van der Waals surface area contributed by atoms with E-state index >= 15 is 0 Å². The number of benzene rings is 1. The Bertz CT molecular complexity index is 413. The quantitative estimate of drug-likeness (QED) is 0.841. The van der Waals surface area contributed by atoms with Gasteiger partial charge in [-0.2, -0.15) is 0 Å². The molecule has 2 N–H and O–H groups in total. The van der Waals surface area contributed by atoms with Crippen LogP contribution in [0.15, 0.2) is 18.2 Å². The van der Waals surface area contributed by atoms with E-state index in [4.69, 9.17) is 28.9 Å². The van der Waals surface area contributed by atoms with Crippen LogP contribution in [0.3, 0.4) is 0 Å². The van der Waals surface area contributed by atoms with Gasteiger partial charge in [-0.3, -0.25) is 0 Å². The zero-order valence-corrected chi connectivity index (χ0v) is 13.2. The molecule has 2 rings (SSSR count). The smallest absolute Gasteiger partial charge is 0.0453 e. The molecule has 1 saturated carbocycles. The molecular formula is C16H23Cl2N. The van der Waals surface area contributed by atoms with Gasteiger partial charge in [0.2, 0.25) is 0 Å². The van der Waals surface area contributed by atoms with E-state index in [0.717, 1.165) is 33.9 Å². The summed E-state index contributed by atoms with van der Waals surface area (Å²) in [5, 5.41) is 1.47. The molecule has 0 aromatic heterocycles. The lowest BCUT2D eigenvalue weighted by Crippen LogP contribution is -2.37. The minimum absolute atomic E-state index is 0.160. The zero-order valence-electron chi connectivity index (χ0n) is 11.7. The van der Waals surface area contributed by atoms with Crippen molar-refractivity contribution in [3.63, 3.8) is 0 Å². The van der Waals surface area contributed by atoms with Crippen molar-refractivity contribution in [1.82, 2.24) is 0 Å². The van der Waals surface area contributed by atoms with E-state index in [2.05, 4.69) is 13.8 Å². The number of rotatable bonds is 3. The molecule has 0 saturated heterocycles. The SMILES string of the molecule is CC1CCC(C(N)Cc2c(Cl)cccc2Cl)CC1C. The molecule has 0 bridgehead atoms. The molecule has 4 atom stereocenters. The van der Waals surface area contributed by atoms with E-state index in [1.54, 1.807) is 0 Å². The summed E-state index contributed by atoms with van der Waals surface area (Å²) in [6.45, 7) is 4.68. The molecule has 0 amide bonds. The molecule has 1 aliphatic rings. The van der Waals surface area contributed by atoms with Crippen molar-refractivity contribution in [2.24, 2.45) is 23.5 Å². The summed E-state index contributed by atoms with van der Waals surface area (Å²) in [5.74, 6) is 2.19. The van der Waals surface area contributed by atoms with E-state index in [0.29, 0.717) is 5.92 Å². The second kappa shape index (κ2) is 6.47. The molecule has 0 radical (unpaired) electrons. The lowest BCUT2D eigenvalue weighted by Gasteiger charge is -2.35. The van der Waals surface area contributed by atoms with Crippen LogP contribution in [-0.2, 0) is 6.42 Å². The van der Waals surface area contributed by atoms with E-state index in [9.17, 15) is 0 Å². The second-order valence-electron chi connectivity index (χ2n) is 6.10. The second-order valence-corrected chi connectivity index (χ2v) is 6.91. The van der Waals surface area contributed by atoms with Crippen molar-refractivity contribution < 1.29 is 0 Å². The van der Waals surface area contributed by atoms with Gasteiger partial charge in [0.25, 0.3) is 0 Å². The van der Waals surface area contributed by atoms with Gasteiger partial charge in [-0.25, -0.2) is 0 Å². The normalized spacial score (nSPS) is 29.2. The molecule has 4 unspecified atom stereocenters. The fraction of sp³-hybridized carbons (Fsp3) is 0.625. The van der Waals surface area contributed by atoms with Gasteiger partial charge in [0.05, 0.1) is 0 Å². The summed E-state index contributed by atoms with van der Waals surface area (Å²) in [7, 11) is 0. The van der Waals surface area contributed by atoms with Gasteiger partial charge in [0.1, 0.15) is 0 Å². The first-order chi connectivity index (χ1) is 8.99. The van der Waals surface area contributed by atoms with Crippen LogP contribution in [0.2, 0.25) is 10.0 Å². The van der Waals surface area contributed by atoms with Gasteiger partial charge in [-0.15, -0.1) is 0 Å². The van der Waals surface area contributed by atoms with Crippen molar-refractivity contribution in [1.29, 1.82) is 0 Å². The van der Waals surface area contributed by atoms with Gasteiger partial charge in [0, 0.05) is 16.1 Å². The van der Waals surface area contributed by atoms with E-state index in [1.807, 2.05) is 18.2 Å². The minimum atomic E-state index is 0.160. The minimum Gasteiger partial charge on any atom is -0.327 e. The first-order valence-electron chi connectivity index (χ1n) is 7.17. The van der Waals surface area contributed by atoms with Gasteiger partial charge < -0.3 is 5.73 Å². The van der Waals surface area contributed by atoms with Crippen LogP contribution in [0.4, 0.5) is 0 Å². The van der Waals surface area contributed by atoms with Gasteiger partial charge in [0.15, 0.2) is 0 Å². The van der Waals surface area contributed by atoms with Crippen LogP contribution >= 0.6 is 23.2 Å². The zero-order chi connectivity index (χ0) is 14.0. The van der Waals surface area contributed by atoms with Crippen molar-refractivity contribution in [2.75, 3.05) is 0 Å². The first-order valence-corrected chi connectivity index (χ1v) is 7.93. The molecule has 1 aliphatic carbocycles. The highest BCUT2D eigenvalue weighted by atomic mass is 35.5. The summed E-state index contributed by atoms with van der Waals surface area (Å²) in [4.78, 5) is 0. The van der Waals surface area contributed by atoms with Gasteiger partial charge in [-0.05, 0) is 54.7 Å². The lowest BCUT2D eigenvalue weighted by molar-refractivity contribution is 0.185. The molecule has 3 heteroatoms. The lowest BCUT2D eigenvalue weighted by atomic mass is 9.72. The maximum absolute atomic E-state index is 6.41. The maximum Gasteiger partial charge on any atom is 0.0453 e. The van der Waals surface area contributed by atoms with E-state index in [1.165, 1.54) is 19.3 Å². The Morgan fingerprint density at radius 3 is 2.37 bits per heavy atom. The first kappa shape index (κ1) is 15.2. The average molecular weight is 300 g/mol. The highest BCUT2D eigenvalue weighted by molar-refractivity contribution is 6.36. The predicted octanol–water partition coefficient (Wildman–Crippen LogP) is 4.94. The third-order valence-electron chi connectivity index (χ3n) is 4.75. The van der Waals surface area contributed by atoms with E-state index < -0.39 is 0 Å². The molecule has 1 aromatic rings. The van der Waals surface area contributed by atoms with Crippen molar-refractivity contribution in [3.05, 3.63) is 33.8 Å². The summed E-state index contributed by atoms with van der Waals surface area (Å²) in [5.41, 5.74) is 7.41. The molecule has 0 spiro atoms. The molecule has 106 valence electrons. The van der Waals surface area contributed by atoms with Gasteiger partial charge in [-0.1, -0.05) is 49.5 Å². The Balaban J connectivity index is 2.03. The van der Waals surface area contributed by atoms with Crippen molar-refractivity contribution >= 4 is 23.2 Å². The highest BCUT2D eigenvalue weighted by Gasteiger charge is 2.29. The van der Waals surface area contributed by atoms with Crippen LogP contribution in [0.25, 0.3) is 0 Å². The van der Waals surface area contributed by atoms with Crippen molar-refractivity contribution in [2.45, 2.75) is 45.6 Å². The van der Waals surface area contributed by atoms with Gasteiger partial charge >= 0.3 is 0 Å². The summed E-state index contributed by atoms with van der Waals surface area (Å²) in [6, 6.07) is 5.82. The Labute approximate surface area is 126 Å². The van der Waals surface area contributed by atoms with Crippen LogP contribution < -0.4 is 5.73 Å². The molecule has 0 heterocycles. The largest absolute Gasteiger partial charge is 0.327 e. The summed E-state index contributed by atoms with van der Waals surface area (Å²) in [6.07, 6.45) is 4.53. The number of halogens is 2. The van der Waals surface area contributed by atoms with Crippen LogP contribution in [0.5, 0.6) is 0 Å². The standard InChI is InChI=1S/C16H23Cl2N/c1-10-6-7-12(8-11(10)2)16(19)9-13-14(17)4-3-5-15(13)18/h3-5,10-12,16H,6-9,19H2,1-2H3. The maximum atomic E-state index is 6.41. The topological polar surface area (TPSA) is 26.0 Å². The fourth-order valence-electron chi connectivity index (χ4n) is 3.11. The summed E-state index contributed by atoms with van der Waals surface area (Å²) >= 11 is 12.4. The third-order valence-corrected chi connectivity index (χ3v) is 5.45. The fourth-order valence-corrected chi connectivity index (χ4v) is 3.66. The molecule has 19 heavy (non-hydrogen) atoms. The van der Waals surface area contributed by atoms with E-state index in [-0.39, 0.29) is 6.04 Å². The molecule has 1 fully saturated rings. The number of hydrogen-bond donors (Lipinski definition) is 1. The Hall–Kier alpha value is -0.240. The average Bonchev–Trinajstić information content (AvgIpc) is 2.37. The monoisotopic (exact) mass is 299 g/mol. The molecule has 1 aromatic carbocycles. The molecule has 0 aliphatic heterocycles. The van der Waals surface area contributed by atoms with Crippen LogP contribution in [0.1, 0.15) is 38.7 Å². The predicted molar refractivity (Wildman–Crippen MR) is 83.8 cm³/mol. The van der Waals surface area contributed by atoms with Crippen molar-refractivity contribution in [3.8, 4) is 0 Å². The van der Waals surface area contributed by atoms with Crippen LogP contribution in [0, 0.1) is 17.8 Å². The Morgan fingerprint density at radius 1 is 1.16 bits per heavy atom. The third kappa shape index (κ3) is 3.65. The Kier molecular flexibility index (Phi) is 5.16. The molecule has 1 nitrogen and oxygen atoms in total.